The number of hydrogen-bond donors (Lipinski definition) is 1. The van der Waals surface area contributed by atoms with E-state index in [2.05, 4.69) is 10.00 Å². The van der Waals surface area contributed by atoms with Crippen LogP contribution in [-0.4, -0.2) is 33.9 Å². The average Bonchev–Trinajstić information content (AvgIpc) is 3.02. The SMILES string of the molecule is O=C(O)c1cccc(N2CCC(n3cccn3)CC2)c1. The number of carbonyl (C=O) groups is 1. The Morgan fingerprint density at radius 1 is 1.25 bits per heavy atom. The lowest BCUT2D eigenvalue weighted by atomic mass is 10.0. The van der Waals surface area contributed by atoms with Gasteiger partial charge in [0.15, 0.2) is 0 Å². The smallest absolute Gasteiger partial charge is 0.335 e. The number of aromatic nitrogens is 2. The van der Waals surface area contributed by atoms with Crippen LogP contribution in [0.5, 0.6) is 0 Å². The molecule has 0 amide bonds. The predicted molar refractivity (Wildman–Crippen MR) is 76.1 cm³/mol. The van der Waals surface area contributed by atoms with Crippen LogP contribution in [0.15, 0.2) is 42.7 Å². The van der Waals surface area contributed by atoms with Crippen molar-refractivity contribution in [2.75, 3.05) is 18.0 Å². The Balaban J connectivity index is 1.69. The van der Waals surface area contributed by atoms with Crippen molar-refractivity contribution in [3.63, 3.8) is 0 Å². The van der Waals surface area contributed by atoms with Gasteiger partial charge in [-0.2, -0.15) is 5.10 Å². The second-order valence-corrected chi connectivity index (χ2v) is 5.06. The first kappa shape index (κ1) is 12.7. The van der Waals surface area contributed by atoms with Crippen LogP contribution in [0.3, 0.4) is 0 Å². The van der Waals surface area contributed by atoms with Crippen molar-refractivity contribution in [3.8, 4) is 0 Å². The maximum Gasteiger partial charge on any atom is 0.335 e. The molecule has 1 aliphatic rings. The number of aromatic carboxylic acids is 1. The minimum atomic E-state index is -0.877. The standard InChI is InChI=1S/C15H17N3O2/c19-15(20)12-3-1-4-14(11-12)17-9-5-13(6-10-17)18-8-2-7-16-18/h1-4,7-8,11,13H,5-6,9-10H2,(H,19,20). The van der Waals surface area contributed by atoms with E-state index in [0.29, 0.717) is 11.6 Å². The number of carboxylic acids is 1. The van der Waals surface area contributed by atoms with Crippen molar-refractivity contribution < 1.29 is 9.90 Å². The Morgan fingerprint density at radius 3 is 2.70 bits per heavy atom. The van der Waals surface area contributed by atoms with E-state index in [1.54, 1.807) is 18.2 Å². The molecule has 1 aliphatic heterocycles. The van der Waals surface area contributed by atoms with Gasteiger partial charge in [0, 0.05) is 31.2 Å². The Labute approximate surface area is 117 Å². The van der Waals surface area contributed by atoms with Gasteiger partial charge in [0.2, 0.25) is 0 Å². The zero-order valence-corrected chi connectivity index (χ0v) is 11.1. The van der Waals surface area contributed by atoms with Crippen LogP contribution in [-0.2, 0) is 0 Å². The molecular formula is C15H17N3O2. The summed E-state index contributed by atoms with van der Waals surface area (Å²) < 4.78 is 2.02. The molecule has 104 valence electrons. The molecule has 0 radical (unpaired) electrons. The summed E-state index contributed by atoms with van der Waals surface area (Å²) in [5.74, 6) is -0.877. The highest BCUT2D eigenvalue weighted by Gasteiger charge is 2.21. The Bertz CT molecular complexity index is 587. The number of piperidine rings is 1. The fourth-order valence-electron chi connectivity index (χ4n) is 2.72. The number of carboxylic acid groups (broad SMARTS) is 1. The van der Waals surface area contributed by atoms with E-state index in [0.717, 1.165) is 31.6 Å². The maximum absolute atomic E-state index is 11.0. The third-order valence-corrected chi connectivity index (χ3v) is 3.82. The highest BCUT2D eigenvalue weighted by molar-refractivity contribution is 5.88. The van der Waals surface area contributed by atoms with E-state index in [1.165, 1.54) is 0 Å². The fraction of sp³-hybridized carbons (Fsp3) is 0.333. The molecule has 2 aromatic rings. The maximum atomic E-state index is 11.0. The summed E-state index contributed by atoms with van der Waals surface area (Å²) in [6.45, 7) is 1.85. The van der Waals surface area contributed by atoms with Crippen LogP contribution in [0.4, 0.5) is 5.69 Å². The first-order chi connectivity index (χ1) is 9.74. The van der Waals surface area contributed by atoms with E-state index in [-0.39, 0.29) is 0 Å². The Hall–Kier alpha value is -2.30. The molecule has 3 rings (SSSR count). The summed E-state index contributed by atoms with van der Waals surface area (Å²) in [7, 11) is 0. The monoisotopic (exact) mass is 271 g/mol. The van der Waals surface area contributed by atoms with Crippen molar-refractivity contribution in [2.45, 2.75) is 18.9 Å². The van der Waals surface area contributed by atoms with Gasteiger partial charge in [0.25, 0.3) is 0 Å². The largest absolute Gasteiger partial charge is 0.478 e. The van der Waals surface area contributed by atoms with Crippen LogP contribution < -0.4 is 4.90 Å². The van der Waals surface area contributed by atoms with E-state index in [4.69, 9.17) is 5.11 Å². The van der Waals surface area contributed by atoms with Gasteiger partial charge >= 0.3 is 5.97 Å². The molecule has 0 saturated carbocycles. The molecule has 1 aromatic heterocycles. The number of nitrogens with zero attached hydrogens (tertiary/aromatic N) is 3. The molecule has 0 bridgehead atoms. The van der Waals surface area contributed by atoms with Crippen LogP contribution in [0.1, 0.15) is 29.2 Å². The number of anilines is 1. The van der Waals surface area contributed by atoms with Gasteiger partial charge in [-0.3, -0.25) is 4.68 Å². The number of hydrogen-bond acceptors (Lipinski definition) is 3. The average molecular weight is 271 g/mol. The highest BCUT2D eigenvalue weighted by atomic mass is 16.4. The summed E-state index contributed by atoms with van der Waals surface area (Å²) >= 11 is 0. The van der Waals surface area contributed by atoms with Crippen molar-refractivity contribution in [2.24, 2.45) is 0 Å². The van der Waals surface area contributed by atoms with Crippen LogP contribution in [0, 0.1) is 0 Å². The lowest BCUT2D eigenvalue weighted by molar-refractivity contribution is 0.0697. The predicted octanol–water partition coefficient (Wildman–Crippen LogP) is 2.42. The lowest BCUT2D eigenvalue weighted by Crippen LogP contribution is -2.34. The third kappa shape index (κ3) is 2.52. The second-order valence-electron chi connectivity index (χ2n) is 5.06. The minimum absolute atomic E-state index is 0.344. The summed E-state index contributed by atoms with van der Waals surface area (Å²) in [6.07, 6.45) is 5.87. The Kier molecular flexibility index (Phi) is 3.41. The molecule has 1 fully saturated rings. The molecule has 0 aliphatic carbocycles. The highest BCUT2D eigenvalue weighted by Crippen LogP contribution is 2.26. The van der Waals surface area contributed by atoms with Gasteiger partial charge in [-0.1, -0.05) is 6.07 Å². The molecule has 1 N–H and O–H groups in total. The molecule has 2 heterocycles. The Morgan fingerprint density at radius 2 is 2.05 bits per heavy atom. The van der Waals surface area contributed by atoms with E-state index in [1.807, 2.05) is 29.2 Å². The molecule has 1 aromatic carbocycles. The summed E-state index contributed by atoms with van der Waals surface area (Å²) in [4.78, 5) is 13.3. The van der Waals surface area contributed by atoms with E-state index >= 15 is 0 Å². The van der Waals surface area contributed by atoms with Crippen molar-refractivity contribution in [1.82, 2.24) is 9.78 Å². The topological polar surface area (TPSA) is 58.4 Å². The lowest BCUT2D eigenvalue weighted by Gasteiger charge is -2.33. The summed E-state index contributed by atoms with van der Waals surface area (Å²) in [5.41, 5.74) is 1.33. The van der Waals surface area contributed by atoms with Crippen molar-refractivity contribution in [3.05, 3.63) is 48.3 Å². The summed E-state index contributed by atoms with van der Waals surface area (Å²) in [6, 6.07) is 9.55. The summed E-state index contributed by atoms with van der Waals surface area (Å²) in [5, 5.41) is 13.3. The molecule has 20 heavy (non-hydrogen) atoms. The minimum Gasteiger partial charge on any atom is -0.478 e. The third-order valence-electron chi connectivity index (χ3n) is 3.82. The van der Waals surface area contributed by atoms with Gasteiger partial charge in [-0.05, 0) is 37.1 Å². The molecule has 0 spiro atoms. The second kappa shape index (κ2) is 5.36. The fourth-order valence-corrected chi connectivity index (χ4v) is 2.72. The molecule has 0 atom stereocenters. The molecule has 0 unspecified atom stereocenters. The normalized spacial score (nSPS) is 16.3. The van der Waals surface area contributed by atoms with E-state index < -0.39 is 5.97 Å². The van der Waals surface area contributed by atoms with Crippen LogP contribution in [0.2, 0.25) is 0 Å². The van der Waals surface area contributed by atoms with Gasteiger partial charge in [0.05, 0.1) is 11.6 Å². The molecule has 1 saturated heterocycles. The molecular weight excluding hydrogens is 254 g/mol. The zero-order chi connectivity index (χ0) is 13.9. The first-order valence-corrected chi connectivity index (χ1v) is 6.81. The van der Waals surface area contributed by atoms with Gasteiger partial charge < -0.3 is 10.0 Å². The van der Waals surface area contributed by atoms with Gasteiger partial charge in [-0.25, -0.2) is 4.79 Å². The van der Waals surface area contributed by atoms with Gasteiger partial charge in [-0.15, -0.1) is 0 Å². The van der Waals surface area contributed by atoms with Crippen molar-refractivity contribution >= 4 is 11.7 Å². The van der Waals surface area contributed by atoms with E-state index in [9.17, 15) is 4.79 Å². The van der Waals surface area contributed by atoms with Crippen LogP contribution >= 0.6 is 0 Å². The first-order valence-electron chi connectivity index (χ1n) is 6.81. The molecule has 5 nitrogen and oxygen atoms in total. The van der Waals surface area contributed by atoms with Gasteiger partial charge in [0.1, 0.15) is 0 Å². The number of rotatable bonds is 3. The molecule has 5 heteroatoms. The van der Waals surface area contributed by atoms with Crippen LogP contribution in [0.25, 0.3) is 0 Å². The van der Waals surface area contributed by atoms with Crippen molar-refractivity contribution in [1.29, 1.82) is 0 Å². The quantitative estimate of drug-likeness (QED) is 0.931. The zero-order valence-electron chi connectivity index (χ0n) is 11.1. The number of benzene rings is 1.